The predicted octanol–water partition coefficient (Wildman–Crippen LogP) is 4.09. The second-order valence-corrected chi connectivity index (χ2v) is 8.91. The van der Waals surface area contributed by atoms with Gasteiger partial charge in [0.05, 0.1) is 6.04 Å². The van der Waals surface area contributed by atoms with Crippen molar-refractivity contribution in [3.63, 3.8) is 0 Å². The topological polar surface area (TPSA) is 58.5 Å². The summed E-state index contributed by atoms with van der Waals surface area (Å²) in [5.41, 5.74) is 1.40. The Morgan fingerprint density at radius 2 is 2.00 bits per heavy atom. The molecular formula is C17H21BrN2O2S. The van der Waals surface area contributed by atoms with E-state index in [1.165, 1.54) is 12.8 Å². The molecule has 6 heteroatoms. The molecule has 1 aromatic carbocycles. The lowest BCUT2D eigenvalue weighted by molar-refractivity contribution is 0.333. The Morgan fingerprint density at radius 3 is 2.70 bits per heavy atom. The van der Waals surface area contributed by atoms with Gasteiger partial charge in [0, 0.05) is 10.0 Å². The highest BCUT2D eigenvalue weighted by atomic mass is 79.9. The Hall–Kier alpha value is -1.14. The van der Waals surface area contributed by atoms with Crippen molar-refractivity contribution in [2.45, 2.75) is 45.6 Å². The van der Waals surface area contributed by atoms with Crippen LogP contribution in [0.1, 0.15) is 45.1 Å². The Labute approximate surface area is 146 Å². The van der Waals surface area contributed by atoms with Crippen LogP contribution in [-0.4, -0.2) is 20.3 Å². The summed E-state index contributed by atoms with van der Waals surface area (Å²) >= 11 is 3.40. The largest absolute Gasteiger partial charge is 0.264 e. The number of hydrogen-bond acceptors (Lipinski definition) is 3. The van der Waals surface area contributed by atoms with Crippen molar-refractivity contribution in [3.8, 4) is 0 Å². The number of sulfonamides is 1. The van der Waals surface area contributed by atoms with E-state index in [0.717, 1.165) is 17.3 Å². The zero-order valence-electron chi connectivity index (χ0n) is 13.3. The smallest absolute Gasteiger partial charge is 0.264 e. The Kier molecular flexibility index (Phi) is 4.65. The second kappa shape index (κ2) is 6.40. The summed E-state index contributed by atoms with van der Waals surface area (Å²) in [4.78, 5) is 5.08. The third-order valence-electron chi connectivity index (χ3n) is 4.64. The van der Waals surface area contributed by atoms with Gasteiger partial charge < -0.3 is 0 Å². The summed E-state index contributed by atoms with van der Waals surface area (Å²) in [5, 5.41) is 0. The molecule has 2 atom stereocenters. The van der Waals surface area contributed by atoms with Gasteiger partial charge in [-0.15, -0.1) is 0 Å². The van der Waals surface area contributed by atoms with E-state index < -0.39 is 10.0 Å². The lowest BCUT2D eigenvalue weighted by Gasteiger charge is -2.25. The maximum Gasteiger partial charge on any atom is 0.264 e. The maximum absolute atomic E-state index is 12.6. The molecule has 0 unspecified atom stereocenters. The van der Waals surface area contributed by atoms with Crippen LogP contribution in [0.2, 0.25) is 0 Å². The van der Waals surface area contributed by atoms with Crippen molar-refractivity contribution in [1.29, 1.82) is 0 Å². The van der Waals surface area contributed by atoms with Crippen molar-refractivity contribution in [1.82, 2.24) is 4.72 Å². The van der Waals surface area contributed by atoms with E-state index in [2.05, 4.69) is 27.6 Å². The van der Waals surface area contributed by atoms with E-state index in [1.807, 2.05) is 31.2 Å². The fraction of sp³-hybridized carbons (Fsp3) is 0.471. The molecule has 0 radical (unpaired) electrons. The van der Waals surface area contributed by atoms with Gasteiger partial charge in [-0.3, -0.25) is 9.71 Å². The summed E-state index contributed by atoms with van der Waals surface area (Å²) in [5.74, 6) is 1.02. The van der Waals surface area contributed by atoms with Gasteiger partial charge >= 0.3 is 0 Å². The van der Waals surface area contributed by atoms with Crippen LogP contribution in [0.15, 0.2) is 39.3 Å². The lowest BCUT2D eigenvalue weighted by Crippen LogP contribution is -2.28. The number of nitrogens with zero attached hydrogens (tertiary/aromatic N) is 1. The standard InChI is InChI=1S/C17H21BrN2O2S/c1-11-6-3-4-9-15(11)19-17-12(2)16(23(21,22)20-17)13-7-5-8-14(18)10-13/h5,7-8,10-11,15H,3-4,6,9H2,1-2H3,(H,19,20)/t11-,15-/m1/s1. The van der Waals surface area contributed by atoms with Crippen LogP contribution in [0.25, 0.3) is 4.91 Å². The molecule has 1 N–H and O–H groups in total. The third-order valence-corrected chi connectivity index (χ3v) is 6.68. The van der Waals surface area contributed by atoms with Crippen LogP contribution in [0, 0.1) is 5.92 Å². The average Bonchev–Trinajstić information content (AvgIpc) is 2.70. The van der Waals surface area contributed by atoms with E-state index in [-0.39, 0.29) is 6.04 Å². The molecule has 0 spiro atoms. The summed E-state index contributed by atoms with van der Waals surface area (Å²) in [6.07, 6.45) is 4.60. The molecule has 3 rings (SSSR count). The maximum atomic E-state index is 12.6. The first-order valence-corrected chi connectivity index (χ1v) is 10.2. The highest BCUT2D eigenvalue weighted by molar-refractivity contribution is 9.10. The molecule has 2 aliphatic rings. The second-order valence-electron chi connectivity index (χ2n) is 6.38. The minimum absolute atomic E-state index is 0.207. The van der Waals surface area contributed by atoms with Gasteiger partial charge in [-0.2, -0.15) is 0 Å². The number of aliphatic imine (C=N–C) groups is 1. The number of hydrogen-bond donors (Lipinski definition) is 1. The first kappa shape index (κ1) is 16.7. The molecular weight excluding hydrogens is 376 g/mol. The van der Waals surface area contributed by atoms with E-state index in [1.54, 1.807) is 0 Å². The predicted molar refractivity (Wildman–Crippen MR) is 97.6 cm³/mol. The monoisotopic (exact) mass is 396 g/mol. The Bertz CT molecular complexity index is 784. The molecule has 4 nitrogen and oxygen atoms in total. The van der Waals surface area contributed by atoms with Crippen molar-refractivity contribution in [2.24, 2.45) is 10.9 Å². The van der Waals surface area contributed by atoms with E-state index in [0.29, 0.717) is 27.8 Å². The Morgan fingerprint density at radius 1 is 1.26 bits per heavy atom. The van der Waals surface area contributed by atoms with Gasteiger partial charge in [-0.25, -0.2) is 8.42 Å². The summed E-state index contributed by atoms with van der Waals surface area (Å²) in [6, 6.07) is 7.57. The summed E-state index contributed by atoms with van der Waals surface area (Å²) in [7, 11) is -3.55. The molecule has 1 aliphatic carbocycles. The van der Waals surface area contributed by atoms with Gasteiger partial charge in [0.1, 0.15) is 10.7 Å². The van der Waals surface area contributed by atoms with Gasteiger partial charge in [0.2, 0.25) is 0 Å². The van der Waals surface area contributed by atoms with Gasteiger partial charge in [0.15, 0.2) is 0 Å². The summed E-state index contributed by atoms with van der Waals surface area (Å²) in [6.45, 7) is 4.03. The van der Waals surface area contributed by atoms with Gasteiger partial charge in [0.25, 0.3) is 10.0 Å². The molecule has 1 aromatic rings. The molecule has 23 heavy (non-hydrogen) atoms. The normalized spacial score (nSPS) is 28.9. The summed E-state index contributed by atoms with van der Waals surface area (Å²) < 4.78 is 28.6. The molecule has 0 saturated heterocycles. The first-order chi connectivity index (χ1) is 10.9. The first-order valence-electron chi connectivity index (χ1n) is 7.96. The quantitative estimate of drug-likeness (QED) is 0.817. The van der Waals surface area contributed by atoms with Crippen molar-refractivity contribution in [2.75, 3.05) is 0 Å². The molecule has 0 amide bonds. The van der Waals surface area contributed by atoms with Crippen LogP contribution in [0.5, 0.6) is 0 Å². The zero-order valence-corrected chi connectivity index (χ0v) is 15.7. The minimum atomic E-state index is -3.55. The van der Waals surface area contributed by atoms with E-state index >= 15 is 0 Å². The fourth-order valence-corrected chi connectivity index (χ4v) is 5.24. The number of amidine groups is 1. The molecule has 0 bridgehead atoms. The van der Waals surface area contributed by atoms with E-state index in [9.17, 15) is 8.42 Å². The average molecular weight is 397 g/mol. The number of benzene rings is 1. The highest BCUT2D eigenvalue weighted by Crippen LogP contribution is 2.33. The number of rotatable bonds is 2. The van der Waals surface area contributed by atoms with Crippen molar-refractivity contribution >= 4 is 36.7 Å². The van der Waals surface area contributed by atoms with Crippen LogP contribution in [0.4, 0.5) is 0 Å². The molecule has 0 aromatic heterocycles. The number of halogens is 1. The van der Waals surface area contributed by atoms with Gasteiger partial charge in [-0.05, 0) is 43.4 Å². The molecule has 1 saturated carbocycles. The molecule has 1 aliphatic heterocycles. The van der Waals surface area contributed by atoms with Crippen LogP contribution < -0.4 is 4.72 Å². The fourth-order valence-electron chi connectivity index (χ4n) is 3.34. The van der Waals surface area contributed by atoms with Crippen LogP contribution in [-0.2, 0) is 10.0 Å². The van der Waals surface area contributed by atoms with Crippen molar-refractivity contribution < 1.29 is 8.42 Å². The van der Waals surface area contributed by atoms with E-state index in [4.69, 9.17) is 4.99 Å². The SMILES string of the molecule is CC1=C(c2cccc(Br)c2)S(=O)(=O)NC1=N[C@@H]1CCCC[C@H]1C. The number of nitrogens with one attached hydrogen (secondary N) is 1. The molecule has 1 fully saturated rings. The third kappa shape index (κ3) is 3.38. The minimum Gasteiger partial charge on any atom is -0.264 e. The molecule has 124 valence electrons. The lowest BCUT2D eigenvalue weighted by atomic mass is 9.86. The Balaban J connectivity index is 2.02. The highest BCUT2D eigenvalue weighted by Gasteiger charge is 2.34. The van der Waals surface area contributed by atoms with Crippen LogP contribution >= 0.6 is 15.9 Å². The zero-order chi connectivity index (χ0) is 16.6. The van der Waals surface area contributed by atoms with Gasteiger partial charge in [-0.1, -0.05) is 47.8 Å². The van der Waals surface area contributed by atoms with Crippen molar-refractivity contribution in [3.05, 3.63) is 39.9 Å². The van der Waals surface area contributed by atoms with Crippen LogP contribution in [0.3, 0.4) is 0 Å². The molecule has 1 heterocycles.